The number of benzene rings is 4. The molecule has 4 aromatic rings. The average molecular weight is 785 g/mol. The number of ether oxygens (including phenoxy) is 2. The molecule has 6 rings (SSSR count). The summed E-state index contributed by atoms with van der Waals surface area (Å²) in [7, 11) is 3.11. The van der Waals surface area contributed by atoms with E-state index in [9.17, 15) is 38.2 Å². The van der Waals surface area contributed by atoms with Gasteiger partial charge in [-0.3, -0.25) is 9.59 Å². The van der Waals surface area contributed by atoms with Gasteiger partial charge in [0.25, 0.3) is 11.8 Å². The number of carbonyl (C=O) groups is 4. The summed E-state index contributed by atoms with van der Waals surface area (Å²) in [5.74, 6) is -3.79. The Morgan fingerprint density at radius 2 is 0.891 bits per heavy atom. The quantitative estimate of drug-likeness (QED) is 0.227. The fourth-order valence-electron chi connectivity index (χ4n) is 6.03. The molecule has 0 radical (unpaired) electrons. The van der Waals surface area contributed by atoms with Gasteiger partial charge < -0.3 is 50.9 Å². The molecule has 0 unspecified atom stereocenters. The summed E-state index contributed by atoms with van der Waals surface area (Å²) in [5.41, 5.74) is 3.12. The fraction of sp³-hybridized carbons (Fsp3) is 0.200. The first-order valence-electron chi connectivity index (χ1n) is 16.4. The van der Waals surface area contributed by atoms with E-state index in [0.29, 0.717) is 61.2 Å². The first-order chi connectivity index (χ1) is 25.0. The maximum Gasteiger partial charge on any atom is 2.00 e. The molecule has 0 saturated carbocycles. The van der Waals surface area contributed by atoms with Crippen molar-refractivity contribution in [1.29, 1.82) is 0 Å². The molecule has 0 bridgehead atoms. The third kappa shape index (κ3) is 11.4. The van der Waals surface area contributed by atoms with Crippen LogP contribution in [-0.2, 0) is 19.2 Å². The first kappa shape index (κ1) is 46.0. The van der Waals surface area contributed by atoms with Crippen molar-refractivity contribution in [2.24, 2.45) is 0 Å². The van der Waals surface area contributed by atoms with E-state index in [1.54, 1.807) is 62.8 Å². The van der Waals surface area contributed by atoms with Crippen LogP contribution in [0.15, 0.2) is 107 Å². The van der Waals surface area contributed by atoms with Crippen LogP contribution in [-0.4, -0.2) is 86.7 Å². The number of methoxy groups -OCH3 is 2. The summed E-state index contributed by atoms with van der Waals surface area (Å²) < 4.78 is 39.2. The van der Waals surface area contributed by atoms with Crippen LogP contribution in [0.3, 0.4) is 0 Å². The topological polar surface area (TPSA) is 220 Å². The Bertz CT molecular complexity index is 1970. The Hall–Kier alpha value is -5.12. The van der Waals surface area contributed by atoms with Gasteiger partial charge in [0.2, 0.25) is 0 Å². The van der Waals surface area contributed by atoms with Crippen LogP contribution in [0.5, 0.6) is 11.5 Å². The number of nitrogens with one attached hydrogen (secondary N) is 2. The van der Waals surface area contributed by atoms with E-state index < -0.39 is 35.4 Å². The monoisotopic (exact) mass is 784 g/mol. The molecule has 0 saturated heterocycles. The summed E-state index contributed by atoms with van der Waals surface area (Å²) in [6.07, 6.45) is 2.43. The van der Waals surface area contributed by atoms with Crippen molar-refractivity contribution in [3.05, 3.63) is 119 Å². The third-order valence-electron chi connectivity index (χ3n) is 8.72. The second kappa shape index (κ2) is 21.1. The van der Waals surface area contributed by atoms with Crippen LogP contribution in [0.2, 0.25) is 0 Å². The maximum atomic E-state index is 14.4. The number of carbonyl (C=O) groups excluding carboxylic acids is 4. The number of rotatable bonds is 10. The van der Waals surface area contributed by atoms with Crippen molar-refractivity contribution in [3.8, 4) is 33.8 Å². The zero-order valence-corrected chi connectivity index (χ0v) is 32.3. The molecule has 0 spiro atoms. The fourth-order valence-corrected chi connectivity index (χ4v) is 6.03. The van der Waals surface area contributed by atoms with Crippen LogP contribution < -0.4 is 30.3 Å². The van der Waals surface area contributed by atoms with E-state index in [2.05, 4.69) is 10.6 Å². The Balaban J connectivity index is 0.000000360. The van der Waals surface area contributed by atoms with E-state index in [1.807, 2.05) is 12.1 Å². The van der Waals surface area contributed by atoms with Gasteiger partial charge in [-0.1, -0.05) is 36.4 Å². The van der Waals surface area contributed by atoms with Gasteiger partial charge in [0.05, 0.1) is 37.5 Å². The molecule has 0 atom stereocenters. The van der Waals surface area contributed by atoms with Crippen molar-refractivity contribution >= 4 is 72.9 Å². The molecular weight excluding hydrogens is 747 g/mol. The molecule has 2 amide bonds. The summed E-state index contributed by atoms with van der Waals surface area (Å²) >= 11 is 0. The summed E-state index contributed by atoms with van der Waals surface area (Å²) in [6.45, 7) is 0. The van der Waals surface area contributed by atoms with Crippen molar-refractivity contribution in [2.75, 3.05) is 24.9 Å². The molecule has 55 heavy (non-hydrogen) atoms. The van der Waals surface area contributed by atoms with E-state index in [0.717, 1.165) is 11.1 Å². The molecule has 6 N–H and O–H groups in total. The maximum absolute atomic E-state index is 14.4. The molecule has 0 fully saturated rings. The molecule has 0 aliphatic heterocycles. The first-order valence-corrected chi connectivity index (χ1v) is 16.4. The van der Waals surface area contributed by atoms with Gasteiger partial charge in [-0.05, 0) is 120 Å². The zero-order chi connectivity index (χ0) is 37.4. The molecule has 4 aromatic carbocycles. The Labute approximate surface area is 345 Å². The number of anilines is 2. The van der Waals surface area contributed by atoms with Crippen LogP contribution in [0.4, 0.5) is 20.2 Å². The van der Waals surface area contributed by atoms with Gasteiger partial charge in [0.15, 0.2) is 0 Å². The Morgan fingerprint density at radius 3 is 1.22 bits per heavy atom. The summed E-state index contributed by atoms with van der Waals surface area (Å²) in [4.78, 5) is 46.7. The molecule has 0 aromatic heterocycles. The molecule has 15 heteroatoms. The summed E-state index contributed by atoms with van der Waals surface area (Å²) in [6, 6.07) is 23.3. The van der Waals surface area contributed by atoms with E-state index in [-0.39, 0.29) is 82.4 Å². The second-order valence-corrected chi connectivity index (χ2v) is 12.0. The standard InChI is InChI=1S/2C20H18FNO4.Ca.2H2O/c2*1-26-14-5-2-4-12(10-14)13-8-9-18(17(21)11-13)22-19(23)15-6-3-7-16(15)20(24)25;;;/h2*2,4-5,8-11H,3,6-7H2,1H3,(H,22,23)(H,24,25);;2*1H2/q;;+2;;/p-2. The van der Waals surface area contributed by atoms with Crippen LogP contribution >= 0.6 is 0 Å². The van der Waals surface area contributed by atoms with Crippen molar-refractivity contribution in [1.82, 2.24) is 0 Å². The number of halogens is 2. The number of aliphatic carboxylic acids is 2. The second-order valence-electron chi connectivity index (χ2n) is 12.0. The van der Waals surface area contributed by atoms with Gasteiger partial charge in [0.1, 0.15) is 23.1 Å². The van der Waals surface area contributed by atoms with Gasteiger partial charge in [-0.15, -0.1) is 0 Å². The normalized spacial score (nSPS) is 12.9. The minimum Gasteiger partial charge on any atom is -0.545 e. The van der Waals surface area contributed by atoms with Crippen LogP contribution in [0.25, 0.3) is 22.3 Å². The van der Waals surface area contributed by atoms with Crippen molar-refractivity contribution in [3.63, 3.8) is 0 Å². The van der Waals surface area contributed by atoms with Gasteiger partial charge in [-0.25, -0.2) is 8.78 Å². The molecular formula is C40H38CaF2N2O10. The smallest absolute Gasteiger partial charge is 0.545 e. The van der Waals surface area contributed by atoms with Crippen molar-refractivity contribution < 1.29 is 58.6 Å². The third-order valence-corrected chi connectivity index (χ3v) is 8.72. The number of carboxylic acids is 2. The molecule has 2 aliphatic carbocycles. The number of hydrogen-bond acceptors (Lipinski definition) is 8. The Kier molecular flexibility index (Phi) is 17.7. The minimum absolute atomic E-state index is 0. The molecule has 12 nitrogen and oxygen atoms in total. The predicted octanol–water partition coefficient (Wildman–Crippen LogP) is 3.31. The molecule has 284 valence electrons. The summed E-state index contributed by atoms with van der Waals surface area (Å²) in [5, 5.41) is 27.0. The van der Waals surface area contributed by atoms with Gasteiger partial charge >= 0.3 is 37.7 Å². The average Bonchev–Trinajstić information content (AvgIpc) is 3.85. The van der Waals surface area contributed by atoms with Crippen LogP contribution in [0, 0.1) is 11.6 Å². The van der Waals surface area contributed by atoms with Gasteiger partial charge in [-0.2, -0.15) is 0 Å². The van der Waals surface area contributed by atoms with Gasteiger partial charge in [0, 0.05) is 11.1 Å². The largest absolute Gasteiger partial charge is 2.00 e. The minimum atomic E-state index is -1.35. The van der Waals surface area contributed by atoms with E-state index in [4.69, 9.17) is 9.47 Å². The van der Waals surface area contributed by atoms with Crippen LogP contribution in [0.1, 0.15) is 38.5 Å². The van der Waals surface area contributed by atoms with E-state index >= 15 is 0 Å². The molecule has 0 heterocycles. The number of carboxylic acid groups (broad SMARTS) is 2. The van der Waals surface area contributed by atoms with E-state index in [1.165, 1.54) is 24.3 Å². The predicted molar refractivity (Wildman–Crippen MR) is 199 cm³/mol. The number of hydrogen-bond donors (Lipinski definition) is 2. The SMILES string of the molecule is COc1cccc(-c2ccc(NC(=O)C3=C(C(=O)[O-])CCC3)c(F)c2)c1.COc1cccc(-c2ccc(NC(=O)C3=C(C(=O)[O-])CCC3)c(F)c2)c1.O.O.[Ca+2]. The molecule has 2 aliphatic rings. The zero-order valence-electron chi connectivity index (χ0n) is 30.1. The number of amides is 2. The Morgan fingerprint density at radius 1 is 0.545 bits per heavy atom. The van der Waals surface area contributed by atoms with Crippen molar-refractivity contribution in [2.45, 2.75) is 38.5 Å².